The minimum atomic E-state index is -0.0645. The Balaban J connectivity index is 1.57. The van der Waals surface area contributed by atoms with Crippen LogP contribution in [0.3, 0.4) is 0 Å². The van der Waals surface area contributed by atoms with Gasteiger partial charge in [-0.2, -0.15) is 0 Å². The Morgan fingerprint density at radius 2 is 1.76 bits per heavy atom. The van der Waals surface area contributed by atoms with Gasteiger partial charge in [-0.25, -0.2) is 0 Å². The highest BCUT2D eigenvalue weighted by Gasteiger charge is 2.44. The molecule has 2 fully saturated rings. The van der Waals surface area contributed by atoms with Crippen molar-refractivity contribution in [3.05, 3.63) is 35.9 Å². The number of aliphatic hydroxyl groups is 1. The zero-order chi connectivity index (χ0) is 11.7. The van der Waals surface area contributed by atoms with Gasteiger partial charge in [0.05, 0.1) is 18.8 Å². The molecule has 2 aliphatic carbocycles. The molecule has 0 heterocycles. The minimum absolute atomic E-state index is 0.0645. The summed E-state index contributed by atoms with van der Waals surface area (Å²) >= 11 is 0. The van der Waals surface area contributed by atoms with Crippen molar-refractivity contribution in [1.82, 2.24) is 0 Å². The van der Waals surface area contributed by atoms with Gasteiger partial charge in [-0.1, -0.05) is 30.3 Å². The summed E-state index contributed by atoms with van der Waals surface area (Å²) in [7, 11) is 0. The van der Waals surface area contributed by atoms with Crippen LogP contribution in [0.5, 0.6) is 0 Å². The first kappa shape index (κ1) is 11.2. The molecule has 0 aromatic heterocycles. The van der Waals surface area contributed by atoms with Crippen molar-refractivity contribution in [2.75, 3.05) is 0 Å². The maximum absolute atomic E-state index is 9.85. The van der Waals surface area contributed by atoms with E-state index in [0.29, 0.717) is 24.5 Å². The van der Waals surface area contributed by atoms with Crippen molar-refractivity contribution in [3.63, 3.8) is 0 Å². The number of hydrogen-bond donors (Lipinski definition) is 1. The van der Waals surface area contributed by atoms with E-state index in [0.717, 1.165) is 25.7 Å². The molecule has 0 spiro atoms. The van der Waals surface area contributed by atoms with Gasteiger partial charge in [-0.15, -0.1) is 0 Å². The maximum atomic E-state index is 9.85. The van der Waals surface area contributed by atoms with E-state index in [4.69, 9.17) is 4.74 Å². The number of benzene rings is 1. The molecular weight excluding hydrogens is 212 g/mol. The van der Waals surface area contributed by atoms with E-state index in [1.807, 2.05) is 6.07 Å². The maximum Gasteiger partial charge on any atom is 0.0720 e. The third kappa shape index (κ3) is 2.24. The molecule has 2 aliphatic rings. The van der Waals surface area contributed by atoms with E-state index in [1.54, 1.807) is 0 Å². The molecule has 1 N–H and O–H groups in total. The van der Waals surface area contributed by atoms with Crippen LogP contribution >= 0.6 is 0 Å². The van der Waals surface area contributed by atoms with Crippen molar-refractivity contribution >= 4 is 0 Å². The molecule has 4 atom stereocenters. The molecule has 0 saturated heterocycles. The Morgan fingerprint density at radius 1 is 1.00 bits per heavy atom. The lowest BCUT2D eigenvalue weighted by Crippen LogP contribution is -2.21. The van der Waals surface area contributed by atoms with E-state index in [9.17, 15) is 5.11 Å². The van der Waals surface area contributed by atoms with Gasteiger partial charge < -0.3 is 9.84 Å². The van der Waals surface area contributed by atoms with Crippen LogP contribution in [0.25, 0.3) is 0 Å². The van der Waals surface area contributed by atoms with E-state index in [1.165, 1.54) is 5.56 Å². The normalized spacial score (nSPS) is 36.1. The van der Waals surface area contributed by atoms with Crippen LogP contribution in [0.1, 0.15) is 31.2 Å². The molecule has 2 heteroatoms. The topological polar surface area (TPSA) is 29.5 Å². The Bertz CT molecular complexity index is 362. The monoisotopic (exact) mass is 232 g/mol. The van der Waals surface area contributed by atoms with Gasteiger partial charge >= 0.3 is 0 Å². The molecule has 17 heavy (non-hydrogen) atoms. The molecule has 92 valence electrons. The highest BCUT2D eigenvalue weighted by atomic mass is 16.5. The van der Waals surface area contributed by atoms with E-state index in [-0.39, 0.29) is 6.10 Å². The van der Waals surface area contributed by atoms with Gasteiger partial charge in [0.2, 0.25) is 0 Å². The first-order valence-corrected chi connectivity index (χ1v) is 6.68. The molecule has 0 aliphatic heterocycles. The molecule has 1 aromatic carbocycles. The van der Waals surface area contributed by atoms with Crippen molar-refractivity contribution in [2.45, 2.75) is 44.5 Å². The van der Waals surface area contributed by atoms with Crippen LogP contribution in [-0.4, -0.2) is 17.3 Å². The number of ether oxygens (including phenoxy) is 1. The highest BCUT2D eigenvalue weighted by molar-refractivity contribution is 5.13. The first-order chi connectivity index (χ1) is 8.34. The SMILES string of the molecule is O[C@H]1CC[C@@H]2[C@H]1CC[C@@H]2OCc1ccccc1. The average molecular weight is 232 g/mol. The summed E-state index contributed by atoms with van der Waals surface area (Å²) in [4.78, 5) is 0. The minimum Gasteiger partial charge on any atom is -0.393 e. The lowest BCUT2D eigenvalue weighted by Gasteiger charge is -2.19. The molecule has 0 bridgehead atoms. The van der Waals surface area contributed by atoms with Crippen LogP contribution in [0.4, 0.5) is 0 Å². The second-order valence-electron chi connectivity index (χ2n) is 5.38. The summed E-state index contributed by atoms with van der Waals surface area (Å²) in [5.41, 5.74) is 1.24. The molecular formula is C15H20O2. The Kier molecular flexibility index (Phi) is 3.17. The van der Waals surface area contributed by atoms with Crippen molar-refractivity contribution in [1.29, 1.82) is 0 Å². The molecule has 0 amide bonds. The van der Waals surface area contributed by atoms with Crippen molar-refractivity contribution < 1.29 is 9.84 Å². The lowest BCUT2D eigenvalue weighted by molar-refractivity contribution is 0.00939. The summed E-state index contributed by atoms with van der Waals surface area (Å²) in [6, 6.07) is 10.3. The van der Waals surface area contributed by atoms with E-state index < -0.39 is 0 Å². The predicted molar refractivity (Wildman–Crippen MR) is 66.5 cm³/mol. The summed E-state index contributed by atoms with van der Waals surface area (Å²) in [6.45, 7) is 0.713. The molecule has 2 saturated carbocycles. The van der Waals surface area contributed by atoms with Gasteiger partial charge in [-0.3, -0.25) is 0 Å². The zero-order valence-electron chi connectivity index (χ0n) is 10.1. The fourth-order valence-corrected chi connectivity index (χ4v) is 3.50. The fraction of sp³-hybridized carbons (Fsp3) is 0.600. The lowest BCUT2D eigenvalue weighted by atomic mass is 9.98. The van der Waals surface area contributed by atoms with Gasteiger partial charge in [-0.05, 0) is 43.1 Å². The van der Waals surface area contributed by atoms with Crippen LogP contribution in [0, 0.1) is 11.8 Å². The van der Waals surface area contributed by atoms with Crippen molar-refractivity contribution in [3.8, 4) is 0 Å². The number of fused-ring (bicyclic) bond motifs is 1. The Labute approximate surface area is 103 Å². The van der Waals surface area contributed by atoms with Crippen LogP contribution in [0.2, 0.25) is 0 Å². The highest BCUT2D eigenvalue weighted by Crippen LogP contribution is 2.45. The number of aliphatic hydroxyl groups excluding tert-OH is 1. The molecule has 0 unspecified atom stereocenters. The summed E-state index contributed by atoms with van der Waals surface area (Å²) < 4.78 is 6.04. The average Bonchev–Trinajstić information content (AvgIpc) is 2.92. The van der Waals surface area contributed by atoms with Gasteiger partial charge in [0.15, 0.2) is 0 Å². The predicted octanol–water partition coefficient (Wildman–Crippen LogP) is 2.75. The van der Waals surface area contributed by atoms with Crippen LogP contribution in [0.15, 0.2) is 30.3 Å². The second kappa shape index (κ2) is 4.79. The quantitative estimate of drug-likeness (QED) is 0.868. The molecule has 3 rings (SSSR count). The first-order valence-electron chi connectivity index (χ1n) is 6.68. The zero-order valence-corrected chi connectivity index (χ0v) is 10.1. The van der Waals surface area contributed by atoms with Gasteiger partial charge in [0, 0.05) is 0 Å². The Hall–Kier alpha value is -0.860. The summed E-state index contributed by atoms with van der Waals surface area (Å²) in [5, 5.41) is 9.85. The smallest absolute Gasteiger partial charge is 0.0720 e. The molecule has 0 radical (unpaired) electrons. The second-order valence-corrected chi connectivity index (χ2v) is 5.38. The largest absolute Gasteiger partial charge is 0.393 e. The Morgan fingerprint density at radius 3 is 2.59 bits per heavy atom. The fourth-order valence-electron chi connectivity index (χ4n) is 3.50. The standard InChI is InChI=1S/C15H20O2/c16-14-8-6-13-12(14)7-9-15(13)17-10-11-4-2-1-3-5-11/h1-5,12-16H,6-10H2/t12-,13-,14+,15+/m1/s1. The van der Waals surface area contributed by atoms with Gasteiger partial charge in [0.1, 0.15) is 0 Å². The summed E-state index contributed by atoms with van der Waals surface area (Å²) in [5.74, 6) is 1.12. The molecule has 1 aromatic rings. The van der Waals surface area contributed by atoms with E-state index in [2.05, 4.69) is 24.3 Å². The van der Waals surface area contributed by atoms with E-state index >= 15 is 0 Å². The third-order valence-electron chi connectivity index (χ3n) is 4.41. The number of hydrogen-bond acceptors (Lipinski definition) is 2. The molecule has 2 nitrogen and oxygen atoms in total. The number of rotatable bonds is 3. The van der Waals surface area contributed by atoms with Gasteiger partial charge in [0.25, 0.3) is 0 Å². The third-order valence-corrected chi connectivity index (χ3v) is 4.41. The van der Waals surface area contributed by atoms with Crippen LogP contribution in [-0.2, 0) is 11.3 Å². The van der Waals surface area contributed by atoms with Crippen molar-refractivity contribution in [2.24, 2.45) is 11.8 Å². The van der Waals surface area contributed by atoms with Crippen LogP contribution < -0.4 is 0 Å². The summed E-state index contributed by atoms with van der Waals surface area (Å²) in [6.07, 6.45) is 4.69.